The number of benzene rings is 2. The van der Waals surface area contributed by atoms with Crippen LogP contribution in [0.15, 0.2) is 64.6 Å². The fourth-order valence-electron chi connectivity index (χ4n) is 3.09. The summed E-state index contributed by atoms with van der Waals surface area (Å²) in [5.74, 6) is 0.779. The molecule has 0 fully saturated rings. The maximum absolute atomic E-state index is 12.1. The zero-order chi connectivity index (χ0) is 22.4. The summed E-state index contributed by atoms with van der Waals surface area (Å²) in [6.07, 6.45) is 1.58. The van der Waals surface area contributed by atoms with Crippen molar-refractivity contribution in [2.24, 2.45) is 5.10 Å². The predicted octanol–water partition coefficient (Wildman–Crippen LogP) is 4.25. The number of methoxy groups -OCH3 is 1. The molecule has 0 aliphatic rings. The molecule has 0 aliphatic heterocycles. The van der Waals surface area contributed by atoms with Gasteiger partial charge >= 0.3 is 0 Å². The molecule has 0 atom stereocenters. The van der Waals surface area contributed by atoms with Gasteiger partial charge in [-0.3, -0.25) is 14.9 Å². The van der Waals surface area contributed by atoms with Crippen LogP contribution in [-0.2, 0) is 4.79 Å². The number of nitrogens with one attached hydrogen (secondary N) is 1. The second kappa shape index (κ2) is 9.94. The first-order chi connectivity index (χ1) is 14.9. The lowest BCUT2D eigenvalue weighted by molar-refractivity contribution is -0.384. The van der Waals surface area contributed by atoms with Gasteiger partial charge in [-0.15, -0.1) is 11.8 Å². The van der Waals surface area contributed by atoms with Crippen molar-refractivity contribution in [3.05, 3.63) is 81.7 Å². The molecule has 8 nitrogen and oxygen atoms in total. The number of nitro groups is 1. The highest BCUT2D eigenvalue weighted by Gasteiger charge is 2.13. The monoisotopic (exact) mass is 438 g/mol. The Morgan fingerprint density at radius 2 is 1.97 bits per heavy atom. The second-order valence-electron chi connectivity index (χ2n) is 6.70. The Hall–Kier alpha value is -3.59. The van der Waals surface area contributed by atoms with E-state index in [0.717, 1.165) is 27.6 Å². The van der Waals surface area contributed by atoms with E-state index in [-0.39, 0.29) is 17.3 Å². The molecule has 1 heterocycles. The zero-order valence-electron chi connectivity index (χ0n) is 17.4. The van der Waals surface area contributed by atoms with E-state index < -0.39 is 4.92 Å². The topological polar surface area (TPSA) is 98.8 Å². The summed E-state index contributed by atoms with van der Waals surface area (Å²) in [4.78, 5) is 23.7. The van der Waals surface area contributed by atoms with Crippen LogP contribution in [0.25, 0.3) is 5.69 Å². The van der Waals surface area contributed by atoms with E-state index in [1.54, 1.807) is 19.4 Å². The quantitative estimate of drug-likeness (QED) is 0.245. The van der Waals surface area contributed by atoms with Gasteiger partial charge in [0.15, 0.2) is 0 Å². The Balaban J connectivity index is 1.63. The molecule has 0 aliphatic carbocycles. The molecule has 0 unspecified atom stereocenters. The zero-order valence-corrected chi connectivity index (χ0v) is 18.2. The van der Waals surface area contributed by atoms with E-state index in [0.29, 0.717) is 5.69 Å². The van der Waals surface area contributed by atoms with Gasteiger partial charge in [0.2, 0.25) is 5.91 Å². The van der Waals surface area contributed by atoms with Crippen molar-refractivity contribution in [3.63, 3.8) is 0 Å². The number of nitro benzene ring substituents is 1. The molecule has 1 amide bonds. The van der Waals surface area contributed by atoms with Crippen LogP contribution >= 0.6 is 11.8 Å². The maximum Gasteiger partial charge on any atom is 0.271 e. The lowest BCUT2D eigenvalue weighted by Crippen LogP contribution is -2.19. The lowest BCUT2D eigenvalue weighted by Gasteiger charge is -2.09. The van der Waals surface area contributed by atoms with E-state index in [4.69, 9.17) is 4.74 Å². The van der Waals surface area contributed by atoms with Gasteiger partial charge in [0.1, 0.15) is 5.75 Å². The number of hydrogen-bond acceptors (Lipinski definition) is 6. The van der Waals surface area contributed by atoms with Gasteiger partial charge in [0.25, 0.3) is 5.69 Å². The van der Waals surface area contributed by atoms with Crippen LogP contribution in [0, 0.1) is 24.0 Å². The summed E-state index contributed by atoms with van der Waals surface area (Å²) in [5.41, 5.74) is 5.84. The second-order valence-corrected chi connectivity index (χ2v) is 7.74. The van der Waals surface area contributed by atoms with E-state index in [9.17, 15) is 14.9 Å². The van der Waals surface area contributed by atoms with Crippen molar-refractivity contribution in [1.29, 1.82) is 0 Å². The Morgan fingerprint density at radius 3 is 2.65 bits per heavy atom. The molecular formula is C22H22N4O4S. The molecule has 31 heavy (non-hydrogen) atoms. The lowest BCUT2D eigenvalue weighted by atomic mass is 10.2. The van der Waals surface area contributed by atoms with Gasteiger partial charge in [-0.05, 0) is 50.2 Å². The van der Waals surface area contributed by atoms with Gasteiger partial charge in [0.05, 0.1) is 29.7 Å². The summed E-state index contributed by atoms with van der Waals surface area (Å²) in [7, 11) is 1.61. The average molecular weight is 439 g/mol. The van der Waals surface area contributed by atoms with Crippen LogP contribution in [0.1, 0.15) is 17.0 Å². The summed E-state index contributed by atoms with van der Waals surface area (Å²) in [6, 6.07) is 15.8. The smallest absolute Gasteiger partial charge is 0.271 e. The number of carbonyl (C=O) groups excluding carboxylic acids is 1. The number of hydrazone groups is 1. The fraction of sp³-hybridized carbons (Fsp3) is 0.182. The van der Waals surface area contributed by atoms with Crippen molar-refractivity contribution in [2.75, 3.05) is 12.9 Å². The van der Waals surface area contributed by atoms with E-state index in [1.165, 1.54) is 23.9 Å². The fourth-order valence-corrected chi connectivity index (χ4v) is 3.78. The summed E-state index contributed by atoms with van der Waals surface area (Å²) in [6.45, 7) is 3.81. The minimum atomic E-state index is -0.417. The van der Waals surface area contributed by atoms with E-state index >= 15 is 0 Å². The van der Waals surface area contributed by atoms with Gasteiger partial charge in [-0.1, -0.05) is 6.07 Å². The molecule has 1 N–H and O–H groups in total. The molecular weight excluding hydrogens is 416 g/mol. The molecule has 0 radical (unpaired) electrons. The number of non-ortho nitro benzene ring substituents is 1. The number of carbonyl (C=O) groups is 1. The molecule has 2 aromatic carbocycles. The van der Waals surface area contributed by atoms with Crippen LogP contribution in [0.2, 0.25) is 0 Å². The molecule has 3 aromatic rings. The Bertz CT molecular complexity index is 1120. The normalized spacial score (nSPS) is 10.9. The molecule has 0 bridgehead atoms. The Morgan fingerprint density at radius 1 is 1.23 bits per heavy atom. The number of aryl methyl sites for hydroxylation is 1. The number of aromatic nitrogens is 1. The molecule has 1 aromatic heterocycles. The highest BCUT2D eigenvalue weighted by atomic mass is 32.2. The summed E-state index contributed by atoms with van der Waals surface area (Å²) < 4.78 is 7.03. The van der Waals surface area contributed by atoms with Crippen molar-refractivity contribution >= 4 is 29.6 Å². The van der Waals surface area contributed by atoms with Crippen molar-refractivity contribution in [2.45, 2.75) is 18.7 Å². The third-order valence-corrected chi connectivity index (χ3v) is 5.60. The minimum Gasteiger partial charge on any atom is -0.497 e. The summed E-state index contributed by atoms with van der Waals surface area (Å²) >= 11 is 1.40. The predicted molar refractivity (Wildman–Crippen MR) is 121 cm³/mol. The van der Waals surface area contributed by atoms with Gasteiger partial charge in [-0.25, -0.2) is 5.43 Å². The van der Waals surface area contributed by atoms with Gasteiger partial charge in [0, 0.05) is 34.0 Å². The molecule has 0 saturated carbocycles. The summed E-state index contributed by atoms with van der Waals surface area (Å²) in [5, 5.41) is 15.1. The third kappa shape index (κ3) is 5.52. The van der Waals surface area contributed by atoms with E-state index in [1.807, 2.05) is 54.8 Å². The van der Waals surface area contributed by atoms with E-state index in [2.05, 4.69) is 10.5 Å². The largest absolute Gasteiger partial charge is 0.497 e. The van der Waals surface area contributed by atoms with Crippen LogP contribution in [0.4, 0.5) is 5.69 Å². The number of amides is 1. The molecule has 3 rings (SSSR count). The number of rotatable bonds is 8. The average Bonchev–Trinajstić information content (AvgIpc) is 3.05. The number of thioether (sulfide) groups is 1. The Kier molecular flexibility index (Phi) is 7.09. The SMILES string of the molecule is COc1ccc(SCC(=O)N/N=C/c2cc(C)n(-c3cccc([N+](=O)[O-])c3)c2C)cc1. The van der Waals surface area contributed by atoms with Crippen LogP contribution in [0.3, 0.4) is 0 Å². The highest BCUT2D eigenvalue weighted by molar-refractivity contribution is 8.00. The van der Waals surface area contributed by atoms with Crippen LogP contribution < -0.4 is 10.2 Å². The first kappa shape index (κ1) is 22.1. The number of nitrogens with zero attached hydrogens (tertiary/aromatic N) is 3. The molecule has 0 saturated heterocycles. The number of hydrogen-bond donors (Lipinski definition) is 1. The molecule has 160 valence electrons. The van der Waals surface area contributed by atoms with Crippen LogP contribution in [0.5, 0.6) is 5.75 Å². The van der Waals surface area contributed by atoms with Crippen molar-refractivity contribution < 1.29 is 14.5 Å². The Labute approximate surface area is 184 Å². The number of ether oxygens (including phenoxy) is 1. The van der Waals surface area contributed by atoms with Gasteiger partial charge < -0.3 is 9.30 Å². The van der Waals surface area contributed by atoms with Gasteiger partial charge in [-0.2, -0.15) is 5.10 Å². The minimum absolute atomic E-state index is 0.0295. The van der Waals surface area contributed by atoms with Crippen molar-refractivity contribution in [1.82, 2.24) is 9.99 Å². The maximum atomic E-state index is 12.1. The standard InChI is InChI=1S/C22H22N4O4S/c1-15-11-17(16(2)25(15)18-5-4-6-19(12-18)26(28)29)13-23-24-22(27)14-31-21-9-7-20(30-3)8-10-21/h4-13H,14H2,1-3H3,(H,24,27)/b23-13+. The first-order valence-corrected chi connectivity index (χ1v) is 10.4. The van der Waals surface area contributed by atoms with Crippen LogP contribution in [-0.4, -0.2) is 34.5 Å². The molecule has 9 heteroatoms. The molecule has 0 spiro atoms. The van der Waals surface area contributed by atoms with Crippen molar-refractivity contribution in [3.8, 4) is 11.4 Å². The third-order valence-electron chi connectivity index (χ3n) is 4.59. The first-order valence-electron chi connectivity index (χ1n) is 9.41. The highest BCUT2D eigenvalue weighted by Crippen LogP contribution is 2.23.